The van der Waals surface area contributed by atoms with Gasteiger partial charge in [-0.05, 0) is 37.8 Å². The highest BCUT2D eigenvalue weighted by Gasteiger charge is 2.09. The minimum Gasteiger partial charge on any atom is -0.349 e. The smallest absolute Gasteiger partial charge is 0.246 e. The fourth-order valence-electron chi connectivity index (χ4n) is 1.71. The summed E-state index contributed by atoms with van der Waals surface area (Å²) in [6.07, 6.45) is 4.79. The highest BCUT2D eigenvalue weighted by Crippen LogP contribution is 2.13. The zero-order valence-corrected chi connectivity index (χ0v) is 13.6. The summed E-state index contributed by atoms with van der Waals surface area (Å²) in [7, 11) is 0. The van der Waals surface area contributed by atoms with Crippen LogP contribution in [0.25, 0.3) is 0 Å². The summed E-state index contributed by atoms with van der Waals surface area (Å²) in [6, 6.07) is 0. The molecule has 0 aromatic heterocycles. The number of hydrogen-bond acceptors (Lipinski definition) is 2. The molecule has 0 spiro atoms. The summed E-state index contributed by atoms with van der Waals surface area (Å²) < 4.78 is 0. The van der Waals surface area contributed by atoms with Crippen LogP contribution in [0.1, 0.15) is 26.7 Å². The zero-order chi connectivity index (χ0) is 17.1. The van der Waals surface area contributed by atoms with Crippen LogP contribution in [0.3, 0.4) is 0 Å². The highest BCUT2D eigenvalue weighted by molar-refractivity contribution is 5.92. The maximum absolute atomic E-state index is 11.6. The van der Waals surface area contributed by atoms with Gasteiger partial charge in [-0.15, -0.1) is 13.2 Å². The quantitative estimate of drug-likeness (QED) is 0.481. The maximum Gasteiger partial charge on any atom is 0.246 e. The van der Waals surface area contributed by atoms with Crippen LogP contribution < -0.4 is 10.6 Å². The van der Waals surface area contributed by atoms with Gasteiger partial charge in [-0.2, -0.15) is 0 Å². The SMILES string of the molecule is C=CC/C(CNC(=O)C(=C)C)=C(/CC=C)CNC(=O)C(=C)C. The number of carbonyl (C=O) groups is 2. The van der Waals surface area contributed by atoms with Crippen molar-refractivity contribution in [3.8, 4) is 0 Å². The largest absolute Gasteiger partial charge is 0.349 e. The van der Waals surface area contributed by atoms with Gasteiger partial charge in [-0.1, -0.05) is 25.3 Å². The summed E-state index contributed by atoms with van der Waals surface area (Å²) in [4.78, 5) is 23.3. The lowest BCUT2D eigenvalue weighted by molar-refractivity contribution is -0.118. The van der Waals surface area contributed by atoms with Gasteiger partial charge in [0.15, 0.2) is 0 Å². The molecule has 0 atom stereocenters. The van der Waals surface area contributed by atoms with Gasteiger partial charge in [0.1, 0.15) is 0 Å². The second kappa shape index (κ2) is 10.4. The van der Waals surface area contributed by atoms with E-state index in [1.807, 2.05) is 0 Å². The fraction of sp³-hybridized carbons (Fsp3) is 0.333. The molecule has 0 aliphatic rings. The van der Waals surface area contributed by atoms with Gasteiger partial charge < -0.3 is 10.6 Å². The van der Waals surface area contributed by atoms with Crippen molar-refractivity contribution < 1.29 is 9.59 Å². The third-order valence-electron chi connectivity index (χ3n) is 2.98. The number of nitrogens with one attached hydrogen (secondary N) is 2. The van der Waals surface area contributed by atoms with Gasteiger partial charge in [-0.25, -0.2) is 0 Å². The van der Waals surface area contributed by atoms with Crippen LogP contribution in [0.5, 0.6) is 0 Å². The highest BCUT2D eigenvalue weighted by atomic mass is 16.2. The lowest BCUT2D eigenvalue weighted by Gasteiger charge is -2.15. The summed E-state index contributed by atoms with van der Waals surface area (Å²) in [6.45, 7) is 18.8. The normalized spacial score (nSPS) is 11.0. The third kappa shape index (κ3) is 7.43. The van der Waals surface area contributed by atoms with Crippen molar-refractivity contribution >= 4 is 11.8 Å². The molecule has 120 valence electrons. The molecule has 4 nitrogen and oxygen atoms in total. The summed E-state index contributed by atoms with van der Waals surface area (Å²) in [5.74, 6) is -0.379. The summed E-state index contributed by atoms with van der Waals surface area (Å²) in [5, 5.41) is 5.62. The first-order valence-corrected chi connectivity index (χ1v) is 7.12. The number of amides is 2. The Balaban J connectivity index is 5.09. The van der Waals surface area contributed by atoms with E-state index < -0.39 is 0 Å². The monoisotopic (exact) mass is 302 g/mol. The summed E-state index contributed by atoms with van der Waals surface area (Å²) >= 11 is 0. The first-order chi connectivity index (χ1) is 10.3. The van der Waals surface area contributed by atoms with Crippen molar-refractivity contribution in [3.63, 3.8) is 0 Å². The molecule has 0 aromatic rings. The minimum absolute atomic E-state index is 0.189. The molecule has 2 amide bonds. The van der Waals surface area contributed by atoms with Crippen molar-refractivity contribution in [3.05, 3.63) is 60.8 Å². The molecule has 0 saturated carbocycles. The molecule has 0 fully saturated rings. The first kappa shape index (κ1) is 19.6. The van der Waals surface area contributed by atoms with Crippen molar-refractivity contribution in [2.75, 3.05) is 13.1 Å². The number of carbonyl (C=O) groups excluding carboxylic acids is 2. The maximum atomic E-state index is 11.6. The minimum atomic E-state index is -0.189. The van der Waals surface area contributed by atoms with E-state index in [4.69, 9.17) is 0 Å². The molecule has 0 saturated heterocycles. The van der Waals surface area contributed by atoms with Crippen LogP contribution in [0.15, 0.2) is 60.8 Å². The van der Waals surface area contributed by atoms with Crippen molar-refractivity contribution in [2.24, 2.45) is 0 Å². The van der Waals surface area contributed by atoms with Gasteiger partial charge in [0.25, 0.3) is 0 Å². The van der Waals surface area contributed by atoms with Crippen LogP contribution >= 0.6 is 0 Å². The van der Waals surface area contributed by atoms with Gasteiger partial charge in [0.2, 0.25) is 11.8 Å². The van der Waals surface area contributed by atoms with Crippen molar-refractivity contribution in [2.45, 2.75) is 26.7 Å². The van der Waals surface area contributed by atoms with E-state index in [0.29, 0.717) is 37.1 Å². The van der Waals surface area contributed by atoms with E-state index >= 15 is 0 Å². The predicted octanol–water partition coefficient (Wildman–Crippen LogP) is 2.82. The van der Waals surface area contributed by atoms with Crippen LogP contribution in [-0.2, 0) is 9.59 Å². The first-order valence-electron chi connectivity index (χ1n) is 7.12. The predicted molar refractivity (Wildman–Crippen MR) is 92.3 cm³/mol. The Morgan fingerprint density at radius 1 is 0.818 bits per heavy atom. The Morgan fingerprint density at radius 3 is 1.36 bits per heavy atom. The number of rotatable bonds is 10. The second-order valence-electron chi connectivity index (χ2n) is 5.12. The molecule has 0 bridgehead atoms. The van der Waals surface area contributed by atoms with Gasteiger partial charge in [0, 0.05) is 24.2 Å². The topological polar surface area (TPSA) is 58.2 Å². The van der Waals surface area contributed by atoms with Gasteiger partial charge >= 0.3 is 0 Å². The third-order valence-corrected chi connectivity index (χ3v) is 2.98. The molecule has 2 N–H and O–H groups in total. The average molecular weight is 302 g/mol. The average Bonchev–Trinajstić information content (AvgIpc) is 2.46. The van der Waals surface area contributed by atoms with Crippen LogP contribution in [-0.4, -0.2) is 24.9 Å². The Morgan fingerprint density at radius 2 is 1.14 bits per heavy atom. The Bertz CT molecular complexity index is 467. The molecule has 4 heteroatoms. The van der Waals surface area contributed by atoms with Crippen molar-refractivity contribution in [1.82, 2.24) is 10.6 Å². The van der Waals surface area contributed by atoms with E-state index in [2.05, 4.69) is 36.9 Å². The molecule has 0 aliphatic heterocycles. The fourth-order valence-corrected chi connectivity index (χ4v) is 1.71. The molecule has 0 rings (SSSR count). The Kier molecular flexibility index (Phi) is 9.27. The molecule has 0 radical (unpaired) electrons. The van der Waals surface area contributed by atoms with E-state index in [1.54, 1.807) is 26.0 Å². The molecular weight excluding hydrogens is 276 g/mol. The molecule has 22 heavy (non-hydrogen) atoms. The Labute approximate surface area is 133 Å². The molecule has 0 heterocycles. The molecular formula is C18H26N2O2. The standard InChI is InChI=1S/C18H26N2O2/c1-7-9-15(11-19-17(21)13(3)4)16(10-8-2)12-20-18(22)14(5)6/h7-8H,1-3,5,9-12H2,4,6H3,(H,19,21)(H,20,22)/b16-15+. The molecule has 0 aromatic carbocycles. The zero-order valence-electron chi connectivity index (χ0n) is 13.6. The molecule has 0 unspecified atom stereocenters. The second-order valence-corrected chi connectivity index (χ2v) is 5.12. The number of hydrogen-bond donors (Lipinski definition) is 2. The summed E-state index contributed by atoms with van der Waals surface area (Å²) in [5.41, 5.74) is 2.93. The van der Waals surface area contributed by atoms with E-state index in [-0.39, 0.29) is 11.8 Å². The van der Waals surface area contributed by atoms with Gasteiger partial charge in [-0.3, -0.25) is 9.59 Å². The van der Waals surface area contributed by atoms with Crippen LogP contribution in [0, 0.1) is 0 Å². The lowest BCUT2D eigenvalue weighted by Crippen LogP contribution is -2.29. The van der Waals surface area contributed by atoms with Crippen LogP contribution in [0.4, 0.5) is 0 Å². The lowest BCUT2D eigenvalue weighted by atomic mass is 10.0. The van der Waals surface area contributed by atoms with Crippen LogP contribution in [0.2, 0.25) is 0 Å². The van der Waals surface area contributed by atoms with E-state index in [0.717, 1.165) is 11.1 Å². The van der Waals surface area contributed by atoms with E-state index in [9.17, 15) is 9.59 Å². The van der Waals surface area contributed by atoms with Crippen molar-refractivity contribution in [1.29, 1.82) is 0 Å². The Hall–Kier alpha value is -2.36. The molecule has 0 aliphatic carbocycles. The van der Waals surface area contributed by atoms with Gasteiger partial charge in [0.05, 0.1) is 0 Å². The van der Waals surface area contributed by atoms with E-state index in [1.165, 1.54) is 0 Å². The number of allylic oxidation sites excluding steroid dienone is 2.